The number of amides is 1. The van der Waals surface area contributed by atoms with Crippen molar-refractivity contribution in [3.05, 3.63) is 35.4 Å². The van der Waals surface area contributed by atoms with Crippen LogP contribution in [0.1, 0.15) is 35.7 Å². The zero-order valence-electron chi connectivity index (χ0n) is 12.1. The largest absolute Gasteiger partial charge is 0.332 e. The standard InChI is InChI=1S/C15H18N2O3S/c1-11(10-21(2,19)20)17(14-6-7-14)15(18)13-5-3-4-12(8-13)9-16/h3-5,8,11,14H,6-7,10H2,1-2H3. The highest BCUT2D eigenvalue weighted by Gasteiger charge is 2.37. The fraction of sp³-hybridized carbons (Fsp3) is 0.467. The lowest BCUT2D eigenvalue weighted by Gasteiger charge is -2.29. The van der Waals surface area contributed by atoms with Gasteiger partial charge in [-0.2, -0.15) is 5.26 Å². The molecule has 1 aromatic carbocycles. The molecule has 1 atom stereocenters. The number of sulfone groups is 1. The summed E-state index contributed by atoms with van der Waals surface area (Å²) < 4.78 is 22.9. The van der Waals surface area contributed by atoms with E-state index in [1.165, 1.54) is 6.26 Å². The molecule has 1 aliphatic carbocycles. The third-order valence-corrected chi connectivity index (χ3v) is 4.52. The second kappa shape index (κ2) is 5.86. The molecule has 0 N–H and O–H groups in total. The first kappa shape index (κ1) is 15.5. The van der Waals surface area contributed by atoms with E-state index in [-0.39, 0.29) is 23.7 Å². The van der Waals surface area contributed by atoms with Crippen molar-refractivity contribution in [1.29, 1.82) is 5.26 Å². The molecule has 0 bridgehead atoms. The maximum atomic E-state index is 12.6. The SMILES string of the molecule is CC(CS(C)(=O)=O)N(C(=O)c1cccc(C#N)c1)C1CC1. The number of carbonyl (C=O) groups excluding carboxylic acids is 1. The average molecular weight is 306 g/mol. The molecule has 2 rings (SSSR count). The zero-order chi connectivity index (χ0) is 15.6. The van der Waals surface area contributed by atoms with Crippen molar-refractivity contribution < 1.29 is 13.2 Å². The Morgan fingerprint density at radius 1 is 1.48 bits per heavy atom. The fourth-order valence-corrected chi connectivity index (χ4v) is 3.50. The van der Waals surface area contributed by atoms with E-state index in [9.17, 15) is 13.2 Å². The topological polar surface area (TPSA) is 78.2 Å². The minimum absolute atomic E-state index is 0.0484. The first-order chi connectivity index (χ1) is 9.81. The summed E-state index contributed by atoms with van der Waals surface area (Å²) in [7, 11) is -3.15. The van der Waals surface area contributed by atoms with Gasteiger partial charge in [-0.15, -0.1) is 0 Å². The summed E-state index contributed by atoms with van der Waals surface area (Å²) in [6, 6.07) is 8.26. The van der Waals surface area contributed by atoms with Crippen LogP contribution in [0.3, 0.4) is 0 Å². The van der Waals surface area contributed by atoms with Gasteiger partial charge in [0.15, 0.2) is 0 Å². The molecule has 0 radical (unpaired) electrons. The molecular weight excluding hydrogens is 288 g/mol. The highest BCUT2D eigenvalue weighted by Crippen LogP contribution is 2.30. The van der Waals surface area contributed by atoms with Gasteiger partial charge in [0, 0.05) is 23.9 Å². The van der Waals surface area contributed by atoms with Gasteiger partial charge in [0.05, 0.1) is 17.4 Å². The molecule has 1 aromatic rings. The highest BCUT2D eigenvalue weighted by atomic mass is 32.2. The van der Waals surface area contributed by atoms with Gasteiger partial charge in [0.1, 0.15) is 9.84 Å². The summed E-state index contributed by atoms with van der Waals surface area (Å²) in [4.78, 5) is 14.3. The van der Waals surface area contributed by atoms with Crippen LogP contribution in [0.15, 0.2) is 24.3 Å². The number of benzene rings is 1. The Labute approximate surface area is 125 Å². The number of hydrogen-bond donors (Lipinski definition) is 0. The summed E-state index contributed by atoms with van der Waals surface area (Å²) in [6.07, 6.45) is 2.98. The van der Waals surface area contributed by atoms with Crippen LogP contribution in [-0.2, 0) is 9.84 Å². The quantitative estimate of drug-likeness (QED) is 0.827. The van der Waals surface area contributed by atoms with Crippen molar-refractivity contribution in [3.8, 4) is 6.07 Å². The summed E-state index contributed by atoms with van der Waals surface area (Å²) in [5.41, 5.74) is 0.855. The van der Waals surface area contributed by atoms with Crippen LogP contribution in [0.5, 0.6) is 0 Å². The minimum Gasteiger partial charge on any atom is -0.332 e. The van der Waals surface area contributed by atoms with Crippen molar-refractivity contribution >= 4 is 15.7 Å². The highest BCUT2D eigenvalue weighted by molar-refractivity contribution is 7.90. The van der Waals surface area contributed by atoms with Crippen molar-refractivity contribution in [3.63, 3.8) is 0 Å². The molecule has 5 nitrogen and oxygen atoms in total. The van der Waals surface area contributed by atoms with E-state index in [4.69, 9.17) is 5.26 Å². The van der Waals surface area contributed by atoms with Gasteiger partial charge in [-0.25, -0.2) is 8.42 Å². The summed E-state index contributed by atoms with van der Waals surface area (Å²) in [5.74, 6) is -0.251. The number of rotatable bonds is 5. The molecule has 1 aliphatic rings. The van der Waals surface area contributed by atoms with Crippen molar-refractivity contribution in [1.82, 2.24) is 4.90 Å². The number of hydrogen-bond acceptors (Lipinski definition) is 4. The Hall–Kier alpha value is -1.87. The van der Waals surface area contributed by atoms with Crippen molar-refractivity contribution in [2.45, 2.75) is 31.8 Å². The van der Waals surface area contributed by atoms with E-state index in [0.717, 1.165) is 12.8 Å². The van der Waals surface area contributed by atoms with Gasteiger partial charge in [-0.05, 0) is 38.0 Å². The number of nitrogens with zero attached hydrogens (tertiary/aromatic N) is 2. The zero-order valence-corrected chi connectivity index (χ0v) is 12.9. The molecular formula is C15H18N2O3S. The van der Waals surface area contributed by atoms with Crippen LogP contribution in [0.4, 0.5) is 0 Å². The average Bonchev–Trinajstić information content (AvgIpc) is 3.21. The number of carbonyl (C=O) groups is 1. The third kappa shape index (κ3) is 4.05. The van der Waals surface area contributed by atoms with Crippen LogP contribution in [0.25, 0.3) is 0 Å². The molecule has 0 aromatic heterocycles. The first-order valence-electron chi connectivity index (χ1n) is 6.82. The Kier molecular flexibility index (Phi) is 4.33. The Balaban J connectivity index is 2.25. The van der Waals surface area contributed by atoms with E-state index in [2.05, 4.69) is 0 Å². The summed E-state index contributed by atoms with van der Waals surface area (Å²) >= 11 is 0. The molecule has 0 spiro atoms. The van der Waals surface area contributed by atoms with Gasteiger partial charge in [-0.3, -0.25) is 4.79 Å². The van der Waals surface area contributed by atoms with Crippen molar-refractivity contribution in [2.75, 3.05) is 12.0 Å². The molecule has 0 heterocycles. The molecule has 1 unspecified atom stereocenters. The molecule has 0 saturated heterocycles. The van der Waals surface area contributed by atoms with Crippen LogP contribution in [0.2, 0.25) is 0 Å². The molecule has 1 fully saturated rings. The van der Waals surface area contributed by atoms with E-state index in [1.54, 1.807) is 36.1 Å². The fourth-order valence-electron chi connectivity index (χ4n) is 2.47. The molecule has 21 heavy (non-hydrogen) atoms. The van der Waals surface area contributed by atoms with Gasteiger partial charge in [0.25, 0.3) is 5.91 Å². The summed E-state index contributed by atoms with van der Waals surface area (Å²) in [6.45, 7) is 1.76. The molecule has 0 aliphatic heterocycles. The second-order valence-corrected chi connectivity index (χ2v) is 7.76. The van der Waals surface area contributed by atoms with Crippen LogP contribution in [0, 0.1) is 11.3 Å². The van der Waals surface area contributed by atoms with E-state index in [1.807, 2.05) is 6.07 Å². The van der Waals surface area contributed by atoms with Crippen molar-refractivity contribution in [2.24, 2.45) is 0 Å². The molecule has 112 valence electrons. The third-order valence-electron chi connectivity index (χ3n) is 3.43. The lowest BCUT2D eigenvalue weighted by atomic mass is 10.1. The van der Waals surface area contributed by atoms with Gasteiger partial charge >= 0.3 is 0 Å². The predicted octanol–water partition coefficient (Wildman–Crippen LogP) is 1.60. The van der Waals surface area contributed by atoms with E-state index < -0.39 is 9.84 Å². The number of nitriles is 1. The first-order valence-corrected chi connectivity index (χ1v) is 8.88. The van der Waals surface area contributed by atoms with Gasteiger partial charge < -0.3 is 4.90 Å². The normalized spacial score (nSPS) is 16.0. The second-order valence-electron chi connectivity index (χ2n) is 5.58. The maximum Gasteiger partial charge on any atom is 0.254 e. The van der Waals surface area contributed by atoms with E-state index in [0.29, 0.717) is 11.1 Å². The minimum atomic E-state index is -3.15. The smallest absolute Gasteiger partial charge is 0.254 e. The van der Waals surface area contributed by atoms with Gasteiger partial charge in [0.2, 0.25) is 0 Å². The van der Waals surface area contributed by atoms with Crippen LogP contribution in [-0.4, -0.2) is 43.3 Å². The molecule has 1 amide bonds. The molecule has 6 heteroatoms. The van der Waals surface area contributed by atoms with Crippen LogP contribution < -0.4 is 0 Å². The molecule has 1 saturated carbocycles. The lowest BCUT2D eigenvalue weighted by molar-refractivity contribution is 0.0692. The monoisotopic (exact) mass is 306 g/mol. The Morgan fingerprint density at radius 2 is 2.14 bits per heavy atom. The van der Waals surface area contributed by atoms with Crippen LogP contribution >= 0.6 is 0 Å². The lowest BCUT2D eigenvalue weighted by Crippen LogP contribution is -2.43. The Morgan fingerprint density at radius 3 is 2.67 bits per heavy atom. The summed E-state index contributed by atoms with van der Waals surface area (Å²) in [5, 5.41) is 8.91. The predicted molar refractivity (Wildman–Crippen MR) is 79.5 cm³/mol. The van der Waals surface area contributed by atoms with Gasteiger partial charge in [-0.1, -0.05) is 6.07 Å². The maximum absolute atomic E-state index is 12.6. The van der Waals surface area contributed by atoms with E-state index >= 15 is 0 Å². The Bertz CT molecular complexity index is 687.